The van der Waals surface area contributed by atoms with Crippen molar-refractivity contribution in [1.29, 1.82) is 0 Å². The molecule has 318 valence electrons. The minimum atomic E-state index is -0.124. The molecule has 0 N–H and O–H groups in total. The first kappa shape index (κ1) is 40.0. The predicted octanol–water partition coefficient (Wildman–Crippen LogP) is 15.6. The number of hydrogen-bond acceptors (Lipinski definition) is 4. The predicted molar refractivity (Wildman–Crippen MR) is 282 cm³/mol. The van der Waals surface area contributed by atoms with E-state index in [1.165, 1.54) is 87.1 Å². The van der Waals surface area contributed by atoms with E-state index in [2.05, 4.69) is 230 Å². The van der Waals surface area contributed by atoms with Gasteiger partial charge in [-0.05, 0) is 121 Å². The number of furan rings is 1. The Bertz CT molecular complexity index is 3570. The van der Waals surface area contributed by atoms with Crippen LogP contribution < -0.4 is 26.2 Å². The molecule has 0 saturated heterocycles. The SMILES string of the molecule is CC(C)(C)c1ccc2c(c1)B1c3cc(C(C)(C)C)ccc3N(c3ccc4c(c3)oc3ccccc34)c3cc(C(C)(C)C)cc(c31)N2c1ccc(-c2cccc3c2sc2ccccc23)cc1. The first-order chi connectivity index (χ1) is 31.1. The van der Waals surface area contributed by atoms with E-state index in [4.69, 9.17) is 4.42 Å². The molecule has 2 aliphatic heterocycles. The van der Waals surface area contributed by atoms with E-state index in [0.717, 1.165) is 33.3 Å². The molecule has 0 saturated carbocycles. The van der Waals surface area contributed by atoms with Gasteiger partial charge in [0.2, 0.25) is 0 Å². The Hall–Kier alpha value is -6.56. The number of benzene rings is 8. The Morgan fingerprint density at radius 1 is 0.431 bits per heavy atom. The minimum Gasteiger partial charge on any atom is -0.456 e. The van der Waals surface area contributed by atoms with Crippen LogP contribution >= 0.6 is 11.3 Å². The van der Waals surface area contributed by atoms with E-state index in [9.17, 15) is 0 Å². The van der Waals surface area contributed by atoms with Crippen molar-refractivity contribution in [2.75, 3.05) is 9.80 Å². The molecule has 8 aromatic carbocycles. The van der Waals surface area contributed by atoms with Crippen molar-refractivity contribution in [3.63, 3.8) is 0 Å². The van der Waals surface area contributed by atoms with Crippen LogP contribution in [0.1, 0.15) is 79.0 Å². The van der Waals surface area contributed by atoms with Crippen LogP contribution in [0.15, 0.2) is 162 Å². The maximum Gasteiger partial charge on any atom is 0.252 e. The Balaban J connectivity index is 1.13. The highest BCUT2D eigenvalue weighted by molar-refractivity contribution is 7.26. The first-order valence-corrected chi connectivity index (χ1v) is 23.9. The van der Waals surface area contributed by atoms with Crippen molar-refractivity contribution in [3.05, 3.63) is 174 Å². The maximum atomic E-state index is 6.59. The van der Waals surface area contributed by atoms with Crippen LogP contribution in [-0.2, 0) is 16.2 Å². The molecule has 0 bridgehead atoms. The quantitative estimate of drug-likeness (QED) is 0.165. The zero-order chi connectivity index (χ0) is 44.7. The highest BCUT2D eigenvalue weighted by atomic mass is 32.1. The van der Waals surface area contributed by atoms with Crippen molar-refractivity contribution >= 4 is 111 Å². The second-order valence-corrected chi connectivity index (χ2v) is 22.5. The Kier molecular flexibility index (Phi) is 8.60. The smallest absolute Gasteiger partial charge is 0.252 e. The van der Waals surface area contributed by atoms with Gasteiger partial charge in [0.05, 0.1) is 0 Å². The lowest BCUT2D eigenvalue weighted by atomic mass is 9.33. The number of para-hydroxylation sites is 1. The van der Waals surface area contributed by atoms with Gasteiger partial charge in [-0.3, -0.25) is 0 Å². The monoisotopic (exact) mass is 860 g/mol. The van der Waals surface area contributed by atoms with E-state index >= 15 is 0 Å². The summed E-state index contributed by atoms with van der Waals surface area (Å²) in [6.07, 6.45) is 0. The van der Waals surface area contributed by atoms with Crippen molar-refractivity contribution in [2.24, 2.45) is 0 Å². The van der Waals surface area contributed by atoms with E-state index in [0.29, 0.717) is 0 Å². The molecule has 12 rings (SSSR count). The molecule has 3 nitrogen and oxygen atoms in total. The molecule has 0 spiro atoms. The maximum absolute atomic E-state index is 6.59. The number of anilines is 6. The molecule has 2 aliphatic rings. The van der Waals surface area contributed by atoms with Crippen LogP contribution in [0.5, 0.6) is 0 Å². The average Bonchev–Trinajstić information content (AvgIpc) is 3.86. The van der Waals surface area contributed by atoms with E-state index in [1.807, 2.05) is 11.3 Å². The lowest BCUT2D eigenvalue weighted by Crippen LogP contribution is -2.61. The van der Waals surface area contributed by atoms with E-state index in [1.54, 1.807) is 0 Å². The normalized spacial score (nSPS) is 13.8. The van der Waals surface area contributed by atoms with Gasteiger partial charge in [-0.15, -0.1) is 11.3 Å². The molecule has 0 atom stereocenters. The van der Waals surface area contributed by atoms with Gasteiger partial charge in [-0.1, -0.05) is 153 Å². The van der Waals surface area contributed by atoms with Crippen LogP contribution in [0.4, 0.5) is 34.1 Å². The van der Waals surface area contributed by atoms with Crippen LogP contribution in [0.3, 0.4) is 0 Å². The summed E-state index contributed by atoms with van der Waals surface area (Å²) in [6.45, 7) is 21.0. The second kappa shape index (κ2) is 14.0. The van der Waals surface area contributed by atoms with Gasteiger partial charge in [0, 0.05) is 71.1 Å². The standard InChI is InChI=1S/C60H53BN2OS/c1-58(2,3)37-23-29-49-47(31-37)61-48-32-38(59(4,5)6)24-30-50(48)63(41-27-28-44-43-15-10-12-19-53(43)64-54(44)35-41)52-34-39(60(7,8)9)33-51(56(52)61)62(49)40-25-21-36(22-26-40)42-17-14-18-46-45-16-11-13-20-55(45)65-57(42)46/h10-35H,1-9H3. The fraction of sp³-hybridized carbons (Fsp3) is 0.200. The molecule has 0 amide bonds. The largest absolute Gasteiger partial charge is 0.456 e. The van der Waals surface area contributed by atoms with Crippen LogP contribution in [0.25, 0.3) is 53.2 Å². The summed E-state index contributed by atoms with van der Waals surface area (Å²) in [5, 5.41) is 4.92. The Labute approximate surface area is 387 Å². The summed E-state index contributed by atoms with van der Waals surface area (Å²) in [7, 11) is 0. The van der Waals surface area contributed by atoms with Gasteiger partial charge in [-0.25, -0.2) is 0 Å². The second-order valence-electron chi connectivity index (χ2n) is 21.4. The fourth-order valence-electron chi connectivity index (χ4n) is 10.5. The number of thiophene rings is 1. The molecule has 0 radical (unpaired) electrons. The highest BCUT2D eigenvalue weighted by Crippen LogP contribution is 2.48. The van der Waals surface area contributed by atoms with Gasteiger partial charge < -0.3 is 14.2 Å². The molecule has 0 fully saturated rings. The summed E-state index contributed by atoms with van der Waals surface area (Å²) in [4.78, 5) is 5.10. The van der Waals surface area contributed by atoms with E-state index < -0.39 is 0 Å². The van der Waals surface area contributed by atoms with Crippen molar-refractivity contribution in [3.8, 4) is 11.1 Å². The summed E-state index contributed by atoms with van der Waals surface area (Å²) in [5.74, 6) is 0. The number of nitrogens with zero attached hydrogens (tertiary/aromatic N) is 2. The summed E-state index contributed by atoms with van der Waals surface area (Å²) in [5.41, 5.74) is 19.2. The Morgan fingerprint density at radius 2 is 0.985 bits per heavy atom. The molecular formula is C60H53BN2OS. The van der Waals surface area contributed by atoms with Gasteiger partial charge in [0.25, 0.3) is 6.71 Å². The zero-order valence-corrected chi connectivity index (χ0v) is 39.6. The molecule has 0 unspecified atom stereocenters. The lowest BCUT2D eigenvalue weighted by Gasteiger charge is -2.45. The minimum absolute atomic E-state index is 0.0101. The first-order valence-electron chi connectivity index (χ1n) is 23.1. The van der Waals surface area contributed by atoms with Gasteiger partial charge in [0.1, 0.15) is 11.2 Å². The van der Waals surface area contributed by atoms with Gasteiger partial charge in [0.15, 0.2) is 0 Å². The van der Waals surface area contributed by atoms with Gasteiger partial charge >= 0.3 is 0 Å². The van der Waals surface area contributed by atoms with Crippen molar-refractivity contribution in [1.82, 2.24) is 0 Å². The van der Waals surface area contributed by atoms with Gasteiger partial charge in [-0.2, -0.15) is 0 Å². The zero-order valence-electron chi connectivity index (χ0n) is 38.8. The van der Waals surface area contributed by atoms with Crippen molar-refractivity contribution in [2.45, 2.75) is 78.6 Å². The third-order valence-corrected chi connectivity index (χ3v) is 15.3. The highest BCUT2D eigenvalue weighted by Gasteiger charge is 2.45. The van der Waals surface area contributed by atoms with Crippen molar-refractivity contribution < 1.29 is 4.42 Å². The molecule has 4 heterocycles. The molecular weight excluding hydrogens is 808 g/mol. The summed E-state index contributed by atoms with van der Waals surface area (Å²) < 4.78 is 9.25. The third kappa shape index (κ3) is 6.22. The lowest BCUT2D eigenvalue weighted by molar-refractivity contribution is 0.590. The number of hydrogen-bond donors (Lipinski definition) is 0. The van der Waals surface area contributed by atoms with Crippen LogP contribution in [0.2, 0.25) is 0 Å². The van der Waals surface area contributed by atoms with E-state index in [-0.39, 0.29) is 23.0 Å². The molecule has 65 heavy (non-hydrogen) atoms. The third-order valence-electron chi connectivity index (χ3n) is 14.1. The fourth-order valence-corrected chi connectivity index (χ4v) is 11.8. The number of rotatable bonds is 3. The summed E-state index contributed by atoms with van der Waals surface area (Å²) in [6, 6.07) is 59.7. The molecule has 5 heteroatoms. The Morgan fingerprint density at radius 3 is 1.63 bits per heavy atom. The number of fused-ring (bicyclic) bond motifs is 10. The molecule has 10 aromatic rings. The topological polar surface area (TPSA) is 19.6 Å². The average molecular weight is 861 g/mol. The van der Waals surface area contributed by atoms with Crippen LogP contribution in [0, 0.1) is 0 Å². The summed E-state index contributed by atoms with van der Waals surface area (Å²) >= 11 is 1.89. The van der Waals surface area contributed by atoms with Crippen LogP contribution in [-0.4, -0.2) is 6.71 Å². The molecule has 2 aromatic heterocycles. The molecule has 0 aliphatic carbocycles.